The van der Waals surface area contributed by atoms with Crippen LogP contribution in [0.2, 0.25) is 0 Å². The van der Waals surface area contributed by atoms with Crippen LogP contribution in [0.3, 0.4) is 0 Å². The summed E-state index contributed by atoms with van der Waals surface area (Å²) in [6.07, 6.45) is 0.489. The van der Waals surface area contributed by atoms with Crippen molar-refractivity contribution < 1.29 is 9.59 Å². The van der Waals surface area contributed by atoms with Gasteiger partial charge in [-0.2, -0.15) is 0 Å². The van der Waals surface area contributed by atoms with Crippen LogP contribution in [-0.4, -0.2) is 49.9 Å². The number of amides is 2. The maximum absolute atomic E-state index is 12.5. The highest BCUT2D eigenvalue weighted by atomic mass is 16.2. The fraction of sp³-hybridized carbons (Fsp3) is 0.391. The number of nitrogens with one attached hydrogen (secondary N) is 2. The third-order valence-electron chi connectivity index (χ3n) is 5.02. The molecule has 6 nitrogen and oxygen atoms in total. The van der Waals surface area contributed by atoms with E-state index in [0.717, 1.165) is 37.6 Å². The zero-order valence-corrected chi connectivity index (χ0v) is 17.4. The van der Waals surface area contributed by atoms with Crippen LogP contribution in [0, 0.1) is 5.92 Å². The Morgan fingerprint density at radius 3 is 1.97 bits per heavy atom. The minimum absolute atomic E-state index is 0.00257. The molecule has 0 spiro atoms. The zero-order valence-electron chi connectivity index (χ0n) is 17.4. The highest BCUT2D eigenvalue weighted by molar-refractivity contribution is 6.04. The van der Waals surface area contributed by atoms with Crippen LogP contribution in [0.1, 0.15) is 30.6 Å². The van der Waals surface area contributed by atoms with E-state index in [1.807, 2.05) is 38.1 Å². The van der Waals surface area contributed by atoms with Crippen LogP contribution in [0.4, 0.5) is 17.1 Å². The largest absolute Gasteiger partial charge is 0.369 e. The van der Waals surface area contributed by atoms with Gasteiger partial charge in [-0.3, -0.25) is 9.59 Å². The standard InChI is InChI=1S/C23H30N4O2/c1-17(2)16-22(28)24-19-6-8-20(9-7-19)25-23(29)18-4-10-21(11-5-18)27-14-12-26(3)13-15-27/h4-11,17H,12-16H2,1-3H3,(H,24,28)(H,25,29). The van der Waals surface area contributed by atoms with Crippen molar-refractivity contribution in [2.45, 2.75) is 20.3 Å². The Morgan fingerprint density at radius 2 is 1.41 bits per heavy atom. The number of anilines is 3. The average Bonchev–Trinajstić information content (AvgIpc) is 2.69. The Balaban J connectivity index is 1.55. The maximum atomic E-state index is 12.5. The van der Waals surface area contributed by atoms with E-state index < -0.39 is 0 Å². The predicted molar refractivity (Wildman–Crippen MR) is 119 cm³/mol. The van der Waals surface area contributed by atoms with E-state index in [9.17, 15) is 9.59 Å². The minimum Gasteiger partial charge on any atom is -0.369 e. The predicted octanol–water partition coefficient (Wildman–Crippen LogP) is 3.68. The second-order valence-corrected chi connectivity index (χ2v) is 8.01. The second-order valence-electron chi connectivity index (χ2n) is 8.01. The molecule has 0 aromatic heterocycles. The van der Waals surface area contributed by atoms with Gasteiger partial charge in [-0.05, 0) is 61.5 Å². The Kier molecular flexibility index (Phi) is 6.88. The minimum atomic E-state index is -0.147. The van der Waals surface area contributed by atoms with Gasteiger partial charge in [-0.25, -0.2) is 0 Å². The van der Waals surface area contributed by atoms with E-state index in [2.05, 4.69) is 27.5 Å². The van der Waals surface area contributed by atoms with Crippen molar-refractivity contribution in [2.75, 3.05) is 48.8 Å². The van der Waals surface area contributed by atoms with Gasteiger partial charge in [0.15, 0.2) is 0 Å². The lowest BCUT2D eigenvalue weighted by molar-refractivity contribution is -0.116. The number of nitrogens with zero attached hydrogens (tertiary/aromatic N) is 2. The molecule has 29 heavy (non-hydrogen) atoms. The van der Waals surface area contributed by atoms with E-state index in [1.54, 1.807) is 24.3 Å². The Labute approximate surface area is 172 Å². The molecule has 2 amide bonds. The van der Waals surface area contributed by atoms with Gasteiger partial charge >= 0.3 is 0 Å². The highest BCUT2D eigenvalue weighted by Crippen LogP contribution is 2.19. The first-order valence-corrected chi connectivity index (χ1v) is 10.2. The van der Waals surface area contributed by atoms with Gasteiger partial charge in [0.1, 0.15) is 0 Å². The first-order valence-electron chi connectivity index (χ1n) is 10.2. The molecule has 2 aromatic carbocycles. The van der Waals surface area contributed by atoms with Crippen LogP contribution in [0.15, 0.2) is 48.5 Å². The Morgan fingerprint density at radius 1 is 0.862 bits per heavy atom. The summed E-state index contributed by atoms with van der Waals surface area (Å²) >= 11 is 0. The second kappa shape index (κ2) is 9.56. The van der Waals surface area contributed by atoms with Crippen LogP contribution >= 0.6 is 0 Å². The van der Waals surface area contributed by atoms with E-state index in [1.165, 1.54) is 0 Å². The Bertz CT molecular complexity index is 823. The van der Waals surface area contributed by atoms with Crippen molar-refractivity contribution in [1.29, 1.82) is 0 Å². The van der Waals surface area contributed by atoms with Crippen molar-refractivity contribution in [3.63, 3.8) is 0 Å². The van der Waals surface area contributed by atoms with Crippen LogP contribution in [0.25, 0.3) is 0 Å². The van der Waals surface area contributed by atoms with Crippen molar-refractivity contribution in [3.8, 4) is 0 Å². The molecule has 1 saturated heterocycles. The van der Waals surface area contributed by atoms with E-state index in [4.69, 9.17) is 0 Å². The molecule has 0 atom stereocenters. The third-order valence-corrected chi connectivity index (χ3v) is 5.02. The van der Waals surface area contributed by atoms with Crippen molar-refractivity contribution in [3.05, 3.63) is 54.1 Å². The summed E-state index contributed by atoms with van der Waals surface area (Å²) in [5, 5.41) is 5.77. The highest BCUT2D eigenvalue weighted by Gasteiger charge is 2.15. The summed E-state index contributed by atoms with van der Waals surface area (Å²) < 4.78 is 0. The lowest BCUT2D eigenvalue weighted by atomic mass is 10.1. The monoisotopic (exact) mass is 394 g/mol. The summed E-state index contributed by atoms with van der Waals surface area (Å²) in [6.45, 7) is 8.13. The van der Waals surface area contributed by atoms with Gasteiger partial charge in [0.25, 0.3) is 5.91 Å². The van der Waals surface area contributed by atoms with Gasteiger partial charge in [0.2, 0.25) is 5.91 Å². The number of carbonyl (C=O) groups is 2. The Hall–Kier alpha value is -2.86. The number of benzene rings is 2. The number of likely N-dealkylation sites (N-methyl/N-ethyl adjacent to an activating group) is 1. The first-order chi connectivity index (χ1) is 13.9. The van der Waals surface area contributed by atoms with Crippen molar-refractivity contribution >= 4 is 28.9 Å². The van der Waals surface area contributed by atoms with Crippen LogP contribution in [0.5, 0.6) is 0 Å². The molecule has 0 saturated carbocycles. The SMILES string of the molecule is CC(C)CC(=O)Nc1ccc(NC(=O)c2ccc(N3CCN(C)CC3)cc2)cc1. The molecule has 2 N–H and O–H groups in total. The maximum Gasteiger partial charge on any atom is 0.255 e. The number of hydrogen-bond donors (Lipinski definition) is 2. The number of hydrogen-bond acceptors (Lipinski definition) is 4. The summed E-state index contributed by atoms with van der Waals surface area (Å²) in [5.41, 5.74) is 3.19. The molecular formula is C23H30N4O2. The average molecular weight is 395 g/mol. The van der Waals surface area contributed by atoms with Gasteiger partial charge < -0.3 is 20.4 Å². The molecule has 0 radical (unpaired) electrons. The molecule has 1 aliphatic rings. The molecule has 1 aliphatic heterocycles. The molecule has 0 unspecified atom stereocenters. The smallest absolute Gasteiger partial charge is 0.255 e. The van der Waals surface area contributed by atoms with E-state index in [-0.39, 0.29) is 11.8 Å². The summed E-state index contributed by atoms with van der Waals surface area (Å²) in [5.74, 6) is 0.167. The first kappa shape index (κ1) is 20.9. The molecule has 2 aromatic rings. The molecule has 154 valence electrons. The van der Waals surface area contributed by atoms with E-state index in [0.29, 0.717) is 23.6 Å². The molecule has 1 fully saturated rings. The number of rotatable bonds is 6. The van der Waals surface area contributed by atoms with Crippen molar-refractivity contribution in [1.82, 2.24) is 4.90 Å². The fourth-order valence-electron chi connectivity index (χ4n) is 3.31. The molecule has 3 rings (SSSR count). The third kappa shape index (κ3) is 6.06. The quantitative estimate of drug-likeness (QED) is 0.785. The summed E-state index contributed by atoms with van der Waals surface area (Å²) in [6, 6.07) is 14.9. The number of carbonyl (C=O) groups excluding carboxylic acids is 2. The van der Waals surface area contributed by atoms with E-state index >= 15 is 0 Å². The lowest BCUT2D eigenvalue weighted by Gasteiger charge is -2.34. The summed E-state index contributed by atoms with van der Waals surface area (Å²) in [7, 11) is 2.14. The molecule has 0 aliphatic carbocycles. The van der Waals surface area contributed by atoms with Gasteiger partial charge in [0, 0.05) is 55.2 Å². The lowest BCUT2D eigenvalue weighted by Crippen LogP contribution is -2.44. The van der Waals surface area contributed by atoms with Gasteiger partial charge in [0.05, 0.1) is 0 Å². The van der Waals surface area contributed by atoms with Gasteiger partial charge in [-0.1, -0.05) is 13.8 Å². The number of piperazine rings is 1. The van der Waals surface area contributed by atoms with Crippen molar-refractivity contribution in [2.24, 2.45) is 5.92 Å². The van der Waals surface area contributed by atoms with Gasteiger partial charge in [-0.15, -0.1) is 0 Å². The summed E-state index contributed by atoms with van der Waals surface area (Å²) in [4.78, 5) is 29.0. The molecule has 1 heterocycles. The molecule has 0 bridgehead atoms. The van der Waals surface area contributed by atoms with Crippen LogP contribution in [-0.2, 0) is 4.79 Å². The molecular weight excluding hydrogens is 364 g/mol. The topological polar surface area (TPSA) is 64.7 Å². The zero-order chi connectivity index (χ0) is 20.8. The molecule has 6 heteroatoms. The fourth-order valence-corrected chi connectivity index (χ4v) is 3.31. The normalized spacial score (nSPS) is 14.7. The van der Waals surface area contributed by atoms with Crippen LogP contribution < -0.4 is 15.5 Å².